The van der Waals surface area contributed by atoms with Crippen LogP contribution in [0.1, 0.15) is 22.4 Å². The van der Waals surface area contributed by atoms with E-state index in [4.69, 9.17) is 4.74 Å². The van der Waals surface area contributed by atoms with Crippen LogP contribution >= 0.6 is 0 Å². The van der Waals surface area contributed by atoms with Crippen LogP contribution in [0, 0.1) is 5.82 Å². The molecule has 1 aromatic heterocycles. The van der Waals surface area contributed by atoms with Crippen LogP contribution in [0.15, 0.2) is 66.9 Å². The first-order chi connectivity index (χ1) is 16.8. The summed E-state index contributed by atoms with van der Waals surface area (Å²) in [6, 6.07) is 11.2. The molecule has 0 unspecified atom stereocenters. The minimum absolute atomic E-state index is 0.0620. The average molecular weight is 515 g/mol. The fourth-order valence-corrected chi connectivity index (χ4v) is 3.59. The summed E-state index contributed by atoms with van der Waals surface area (Å²) >= 11 is 0. The number of hydrogen-bond donors (Lipinski definition) is 2. The van der Waals surface area contributed by atoms with Gasteiger partial charge in [0, 0.05) is 6.42 Å². The van der Waals surface area contributed by atoms with Crippen molar-refractivity contribution in [3.63, 3.8) is 0 Å². The molecule has 2 aromatic carbocycles. The van der Waals surface area contributed by atoms with Gasteiger partial charge < -0.3 is 15.4 Å². The Morgan fingerprint density at radius 3 is 2.17 bits per heavy atom. The lowest BCUT2D eigenvalue weighted by molar-refractivity contribution is -0.137. The number of rotatable bonds is 7. The van der Waals surface area contributed by atoms with Crippen molar-refractivity contribution in [3.8, 4) is 5.75 Å². The number of aromatic nitrogens is 1. The molecular formula is C24H20F7N3O2. The third kappa shape index (κ3) is 6.64. The molecule has 0 saturated carbocycles. The maximum absolute atomic E-state index is 14.5. The number of halogens is 7. The van der Waals surface area contributed by atoms with Gasteiger partial charge in [0.1, 0.15) is 23.7 Å². The standard InChI is InChI=1S/C24H20F7N3O2/c1-36-19-7-8-20(32-13-19)22(12-15-5-3-2-4-6-15,34-21(35)33-14-23(26,27)28)16-9-17(24(29,30)31)11-18(25)10-16/h2-11,13H,12,14H2,1H3,(H2,33,34,35)/t22-/m1/s1. The molecule has 3 rings (SSSR count). The van der Waals surface area contributed by atoms with E-state index in [0.29, 0.717) is 11.6 Å². The molecule has 0 aliphatic heterocycles. The van der Waals surface area contributed by atoms with Crippen LogP contribution < -0.4 is 15.4 Å². The number of nitrogens with zero attached hydrogens (tertiary/aromatic N) is 1. The monoisotopic (exact) mass is 515 g/mol. The molecule has 0 spiro atoms. The molecule has 192 valence electrons. The maximum Gasteiger partial charge on any atom is 0.416 e. The Morgan fingerprint density at radius 2 is 1.61 bits per heavy atom. The van der Waals surface area contributed by atoms with Gasteiger partial charge >= 0.3 is 18.4 Å². The Labute approximate surface area is 201 Å². The van der Waals surface area contributed by atoms with E-state index in [1.807, 2.05) is 0 Å². The van der Waals surface area contributed by atoms with Gasteiger partial charge in [0.05, 0.1) is 24.6 Å². The summed E-state index contributed by atoms with van der Waals surface area (Å²) in [6.07, 6.45) is -8.75. The molecule has 1 atom stereocenters. The van der Waals surface area contributed by atoms with Gasteiger partial charge in [-0.05, 0) is 41.5 Å². The number of nitrogens with one attached hydrogen (secondary N) is 2. The number of methoxy groups -OCH3 is 1. The van der Waals surface area contributed by atoms with Gasteiger partial charge in [-0.1, -0.05) is 30.3 Å². The number of benzene rings is 2. The number of hydrogen-bond acceptors (Lipinski definition) is 3. The number of pyridine rings is 1. The highest BCUT2D eigenvalue weighted by Gasteiger charge is 2.41. The zero-order chi connectivity index (χ0) is 26.6. The van der Waals surface area contributed by atoms with E-state index in [1.54, 1.807) is 35.6 Å². The highest BCUT2D eigenvalue weighted by Crippen LogP contribution is 2.38. The van der Waals surface area contributed by atoms with Gasteiger partial charge in [-0.2, -0.15) is 26.3 Å². The van der Waals surface area contributed by atoms with Crippen LogP contribution in [0.4, 0.5) is 35.5 Å². The molecule has 12 heteroatoms. The van der Waals surface area contributed by atoms with Crippen LogP contribution in [-0.2, 0) is 18.1 Å². The number of amides is 2. The topological polar surface area (TPSA) is 63.2 Å². The van der Waals surface area contributed by atoms with Crippen molar-refractivity contribution in [3.05, 3.63) is 95.1 Å². The van der Waals surface area contributed by atoms with E-state index in [2.05, 4.69) is 10.3 Å². The number of urea groups is 1. The molecule has 0 fully saturated rings. The molecule has 5 nitrogen and oxygen atoms in total. The SMILES string of the molecule is COc1ccc([C@](Cc2ccccc2)(NC(=O)NCC(F)(F)F)c2cc(F)cc(C(F)(F)F)c2)nc1. The Hall–Kier alpha value is -3.83. The minimum Gasteiger partial charge on any atom is -0.495 e. The quantitative estimate of drug-likeness (QED) is 0.403. The molecule has 0 saturated heterocycles. The first-order valence-corrected chi connectivity index (χ1v) is 10.4. The second-order valence-electron chi connectivity index (χ2n) is 7.80. The van der Waals surface area contributed by atoms with Gasteiger partial charge in [-0.15, -0.1) is 0 Å². The van der Waals surface area contributed by atoms with Crippen LogP contribution in [0.5, 0.6) is 5.75 Å². The molecule has 2 amide bonds. The van der Waals surface area contributed by atoms with Crippen LogP contribution in [0.25, 0.3) is 0 Å². The molecule has 36 heavy (non-hydrogen) atoms. The number of ether oxygens (including phenoxy) is 1. The highest BCUT2D eigenvalue weighted by molar-refractivity contribution is 5.76. The molecular weight excluding hydrogens is 495 g/mol. The normalized spacial score (nSPS) is 13.6. The predicted molar refractivity (Wildman–Crippen MR) is 116 cm³/mol. The van der Waals surface area contributed by atoms with Gasteiger partial charge in [0.2, 0.25) is 0 Å². The van der Waals surface area contributed by atoms with Crippen molar-refractivity contribution in [1.82, 2.24) is 15.6 Å². The third-order valence-corrected chi connectivity index (χ3v) is 5.22. The van der Waals surface area contributed by atoms with E-state index < -0.39 is 41.8 Å². The highest BCUT2D eigenvalue weighted by atomic mass is 19.4. The van der Waals surface area contributed by atoms with Crippen molar-refractivity contribution in [2.75, 3.05) is 13.7 Å². The van der Waals surface area contributed by atoms with Crippen molar-refractivity contribution >= 4 is 6.03 Å². The van der Waals surface area contributed by atoms with Crippen molar-refractivity contribution < 1.29 is 40.3 Å². The first kappa shape index (κ1) is 26.8. The smallest absolute Gasteiger partial charge is 0.416 e. The lowest BCUT2D eigenvalue weighted by Crippen LogP contribution is -2.53. The van der Waals surface area contributed by atoms with Gasteiger partial charge in [0.25, 0.3) is 0 Å². The molecule has 0 bridgehead atoms. The van der Waals surface area contributed by atoms with E-state index >= 15 is 0 Å². The van der Waals surface area contributed by atoms with Gasteiger partial charge in [-0.25, -0.2) is 9.18 Å². The van der Waals surface area contributed by atoms with Crippen LogP contribution in [0.3, 0.4) is 0 Å². The third-order valence-electron chi connectivity index (χ3n) is 5.22. The zero-order valence-electron chi connectivity index (χ0n) is 18.7. The second-order valence-corrected chi connectivity index (χ2v) is 7.80. The van der Waals surface area contributed by atoms with E-state index in [9.17, 15) is 35.5 Å². The van der Waals surface area contributed by atoms with Crippen LogP contribution in [0.2, 0.25) is 0 Å². The zero-order valence-corrected chi connectivity index (χ0v) is 18.7. The molecule has 0 aliphatic carbocycles. The van der Waals surface area contributed by atoms with Crippen LogP contribution in [-0.4, -0.2) is 30.8 Å². The lowest BCUT2D eigenvalue weighted by Gasteiger charge is -2.36. The maximum atomic E-state index is 14.5. The number of carbonyl (C=O) groups is 1. The molecule has 2 N–H and O–H groups in total. The second kappa shape index (κ2) is 10.4. The molecule has 1 heterocycles. The summed E-state index contributed by atoms with van der Waals surface area (Å²) in [4.78, 5) is 16.8. The first-order valence-electron chi connectivity index (χ1n) is 10.4. The van der Waals surface area contributed by atoms with Crippen molar-refractivity contribution in [2.24, 2.45) is 0 Å². The van der Waals surface area contributed by atoms with E-state index in [1.165, 1.54) is 25.4 Å². The van der Waals surface area contributed by atoms with E-state index in [0.717, 1.165) is 6.07 Å². The summed E-state index contributed by atoms with van der Waals surface area (Å²) in [5.74, 6) is -0.993. The Balaban J connectivity index is 2.25. The summed E-state index contributed by atoms with van der Waals surface area (Å²) in [7, 11) is 1.35. The summed E-state index contributed by atoms with van der Waals surface area (Å²) < 4.78 is 98.4. The summed E-state index contributed by atoms with van der Waals surface area (Å²) in [5.41, 5.74) is -3.32. The van der Waals surface area contributed by atoms with Gasteiger partial charge in [-0.3, -0.25) is 4.98 Å². The minimum atomic E-state index is -4.94. The number of carbonyl (C=O) groups excluding carboxylic acids is 1. The Bertz CT molecular complexity index is 1180. The fourth-order valence-electron chi connectivity index (χ4n) is 3.59. The fraction of sp³-hybridized carbons (Fsp3) is 0.250. The molecule has 0 radical (unpaired) electrons. The van der Waals surface area contributed by atoms with Crippen molar-refractivity contribution in [2.45, 2.75) is 24.3 Å². The predicted octanol–water partition coefficient (Wildman–Crippen LogP) is 5.60. The molecule has 3 aromatic rings. The summed E-state index contributed by atoms with van der Waals surface area (Å²) in [6.45, 7) is -1.70. The Morgan fingerprint density at radius 1 is 0.944 bits per heavy atom. The average Bonchev–Trinajstić information content (AvgIpc) is 2.81. The number of alkyl halides is 6. The van der Waals surface area contributed by atoms with Gasteiger partial charge in [0.15, 0.2) is 0 Å². The summed E-state index contributed by atoms with van der Waals surface area (Å²) in [5, 5.41) is 3.98. The van der Waals surface area contributed by atoms with Crippen molar-refractivity contribution in [1.29, 1.82) is 0 Å². The van der Waals surface area contributed by atoms with E-state index in [-0.39, 0.29) is 29.5 Å². The lowest BCUT2D eigenvalue weighted by atomic mass is 9.79. The Kier molecular flexibility index (Phi) is 7.75. The largest absolute Gasteiger partial charge is 0.495 e. The molecule has 0 aliphatic rings.